The topological polar surface area (TPSA) is 61.8 Å². The molecule has 6 nitrogen and oxygen atoms in total. The van der Waals surface area contributed by atoms with Crippen molar-refractivity contribution in [1.82, 2.24) is 15.6 Å². The van der Waals surface area contributed by atoms with E-state index in [9.17, 15) is 13.2 Å². The van der Waals surface area contributed by atoms with Crippen molar-refractivity contribution in [2.24, 2.45) is 4.99 Å². The number of rotatable bonds is 8. The Morgan fingerprint density at radius 3 is 2.45 bits per heavy atom. The monoisotopic (exact) mass is 577 g/mol. The number of anilines is 1. The summed E-state index contributed by atoms with van der Waals surface area (Å²) in [5.74, 6) is 1.86. The molecule has 33 heavy (non-hydrogen) atoms. The molecule has 0 spiro atoms. The van der Waals surface area contributed by atoms with Crippen LogP contribution >= 0.6 is 24.0 Å². The summed E-state index contributed by atoms with van der Waals surface area (Å²) in [6.45, 7) is 4.50. The third-order valence-corrected chi connectivity index (χ3v) is 5.04. The van der Waals surface area contributed by atoms with Crippen molar-refractivity contribution in [3.05, 3.63) is 53.7 Å². The summed E-state index contributed by atoms with van der Waals surface area (Å²) in [7, 11) is 0. The molecule has 1 saturated heterocycles. The molecule has 2 heterocycles. The van der Waals surface area contributed by atoms with Gasteiger partial charge in [-0.05, 0) is 61.6 Å². The number of aromatic nitrogens is 1. The lowest BCUT2D eigenvalue weighted by atomic mass is 10.1. The molecular weight excluding hydrogens is 546 g/mol. The van der Waals surface area contributed by atoms with Gasteiger partial charge >= 0.3 is 6.18 Å². The van der Waals surface area contributed by atoms with E-state index in [0.717, 1.165) is 30.0 Å². The largest absolute Gasteiger partial charge is 0.484 e. The highest BCUT2D eigenvalue weighted by Crippen LogP contribution is 2.20. The molecule has 1 aliphatic rings. The normalized spacial score (nSPS) is 14.4. The number of aliphatic imine (C=N–C) groups is 1. The minimum absolute atomic E-state index is 0. The van der Waals surface area contributed by atoms with Crippen molar-refractivity contribution in [2.75, 3.05) is 31.1 Å². The Kier molecular flexibility index (Phi) is 11.0. The molecule has 0 atom stereocenters. The van der Waals surface area contributed by atoms with Crippen LogP contribution in [0.1, 0.15) is 37.3 Å². The summed E-state index contributed by atoms with van der Waals surface area (Å²) >= 11 is 0. The zero-order valence-electron chi connectivity index (χ0n) is 18.7. The first-order valence-electron chi connectivity index (χ1n) is 10.9. The van der Waals surface area contributed by atoms with E-state index in [1.165, 1.54) is 31.4 Å². The van der Waals surface area contributed by atoms with Crippen molar-refractivity contribution in [2.45, 2.75) is 45.5 Å². The number of ether oxygens (including phenoxy) is 1. The molecule has 0 amide bonds. The first-order chi connectivity index (χ1) is 15.4. The number of guanidine groups is 1. The summed E-state index contributed by atoms with van der Waals surface area (Å²) in [6, 6.07) is 10.6. The van der Waals surface area contributed by atoms with E-state index in [0.29, 0.717) is 25.6 Å². The van der Waals surface area contributed by atoms with Gasteiger partial charge in [-0.2, -0.15) is 13.2 Å². The number of piperidine rings is 1. The van der Waals surface area contributed by atoms with Crippen molar-refractivity contribution >= 4 is 35.8 Å². The van der Waals surface area contributed by atoms with Gasteiger partial charge in [-0.1, -0.05) is 12.1 Å². The summed E-state index contributed by atoms with van der Waals surface area (Å²) in [5.41, 5.74) is 2.00. The number of benzene rings is 1. The number of nitrogens with one attached hydrogen (secondary N) is 2. The number of nitrogens with zero attached hydrogens (tertiary/aromatic N) is 3. The van der Waals surface area contributed by atoms with Crippen molar-refractivity contribution in [3.63, 3.8) is 0 Å². The predicted octanol–water partition coefficient (Wildman–Crippen LogP) is 4.89. The van der Waals surface area contributed by atoms with Crippen LogP contribution in [0.3, 0.4) is 0 Å². The standard InChI is InChI=1S/C23H30F3N5O.HI/c1-2-27-22(29-15-18-6-8-20(9-7-18)32-17-23(24,25)26)30-16-19-10-11-28-21(14-19)31-12-4-3-5-13-31;/h6-11,14H,2-5,12-13,15-17H2,1H3,(H2,27,29,30);1H. The molecule has 182 valence electrons. The quantitative estimate of drug-likeness (QED) is 0.266. The summed E-state index contributed by atoms with van der Waals surface area (Å²) in [5, 5.41) is 6.47. The zero-order chi connectivity index (χ0) is 22.8. The molecule has 1 aliphatic heterocycles. The van der Waals surface area contributed by atoms with Gasteiger partial charge in [0.25, 0.3) is 0 Å². The Balaban J connectivity index is 0.00000385. The maximum absolute atomic E-state index is 12.3. The highest BCUT2D eigenvalue weighted by atomic mass is 127. The Morgan fingerprint density at radius 1 is 1.06 bits per heavy atom. The SMILES string of the molecule is CCNC(=NCc1ccnc(N2CCCCC2)c1)NCc1ccc(OCC(F)(F)F)cc1.I. The van der Waals surface area contributed by atoms with E-state index in [-0.39, 0.29) is 29.7 Å². The molecule has 2 N–H and O–H groups in total. The number of alkyl halides is 3. The summed E-state index contributed by atoms with van der Waals surface area (Å²) in [6.07, 6.45) is 1.17. The molecule has 2 aromatic rings. The van der Waals surface area contributed by atoms with Crippen LogP contribution in [0.15, 0.2) is 47.6 Å². The molecular formula is C23H31F3IN5O. The Hall–Kier alpha value is -2.24. The van der Waals surface area contributed by atoms with Gasteiger partial charge in [0.1, 0.15) is 11.6 Å². The fourth-order valence-corrected chi connectivity index (χ4v) is 3.42. The molecule has 1 fully saturated rings. The van der Waals surface area contributed by atoms with Gasteiger partial charge in [0.15, 0.2) is 12.6 Å². The van der Waals surface area contributed by atoms with Gasteiger partial charge < -0.3 is 20.3 Å². The minimum atomic E-state index is -4.35. The molecule has 10 heteroatoms. The molecule has 0 radical (unpaired) electrons. The van der Waals surface area contributed by atoms with E-state index in [1.807, 2.05) is 19.2 Å². The van der Waals surface area contributed by atoms with Gasteiger partial charge in [0.05, 0.1) is 6.54 Å². The fourth-order valence-electron chi connectivity index (χ4n) is 3.42. The molecule has 0 bridgehead atoms. The van der Waals surface area contributed by atoms with E-state index < -0.39 is 12.8 Å². The van der Waals surface area contributed by atoms with Crippen LogP contribution in [0.5, 0.6) is 5.75 Å². The molecule has 3 rings (SSSR count). The molecule has 0 unspecified atom stereocenters. The Morgan fingerprint density at radius 2 is 1.79 bits per heavy atom. The average molecular weight is 577 g/mol. The number of hydrogen-bond acceptors (Lipinski definition) is 4. The maximum Gasteiger partial charge on any atom is 0.422 e. The smallest absolute Gasteiger partial charge is 0.422 e. The Bertz CT molecular complexity index is 871. The lowest BCUT2D eigenvalue weighted by Gasteiger charge is -2.27. The summed E-state index contributed by atoms with van der Waals surface area (Å²) < 4.78 is 41.5. The number of halogens is 4. The van der Waals surface area contributed by atoms with Crippen molar-refractivity contribution in [1.29, 1.82) is 0 Å². The van der Waals surface area contributed by atoms with Gasteiger partial charge in [-0.25, -0.2) is 9.98 Å². The maximum atomic E-state index is 12.3. The van der Waals surface area contributed by atoms with Crippen LogP contribution < -0.4 is 20.3 Å². The van der Waals surface area contributed by atoms with Crippen LogP contribution in [0.25, 0.3) is 0 Å². The number of pyridine rings is 1. The lowest BCUT2D eigenvalue weighted by Crippen LogP contribution is -2.36. The highest BCUT2D eigenvalue weighted by molar-refractivity contribution is 14.0. The van der Waals surface area contributed by atoms with Crippen molar-refractivity contribution in [3.8, 4) is 5.75 Å². The third kappa shape index (κ3) is 9.65. The second-order valence-corrected chi connectivity index (χ2v) is 7.67. The number of hydrogen-bond donors (Lipinski definition) is 2. The third-order valence-electron chi connectivity index (χ3n) is 5.04. The van der Waals surface area contributed by atoms with Gasteiger partial charge in [0.2, 0.25) is 0 Å². The van der Waals surface area contributed by atoms with Crippen LogP contribution in [0.4, 0.5) is 19.0 Å². The van der Waals surface area contributed by atoms with Crippen LogP contribution in [0, 0.1) is 0 Å². The first kappa shape index (κ1) is 27.0. The minimum Gasteiger partial charge on any atom is -0.484 e. The second-order valence-electron chi connectivity index (χ2n) is 7.67. The molecule has 1 aromatic heterocycles. The van der Waals surface area contributed by atoms with Crippen molar-refractivity contribution < 1.29 is 17.9 Å². The van der Waals surface area contributed by atoms with E-state index in [2.05, 4.69) is 31.6 Å². The van der Waals surface area contributed by atoms with Gasteiger partial charge in [-0.15, -0.1) is 24.0 Å². The van der Waals surface area contributed by atoms with E-state index in [1.54, 1.807) is 12.1 Å². The molecule has 0 aliphatic carbocycles. The second kappa shape index (κ2) is 13.5. The van der Waals surface area contributed by atoms with E-state index in [4.69, 9.17) is 4.74 Å². The molecule has 1 aromatic carbocycles. The molecule has 0 saturated carbocycles. The van der Waals surface area contributed by atoms with Gasteiger partial charge in [-0.3, -0.25) is 0 Å². The lowest BCUT2D eigenvalue weighted by molar-refractivity contribution is -0.153. The van der Waals surface area contributed by atoms with Crippen LogP contribution in [-0.2, 0) is 13.1 Å². The predicted molar refractivity (Wildman–Crippen MR) is 135 cm³/mol. The highest BCUT2D eigenvalue weighted by Gasteiger charge is 2.28. The average Bonchev–Trinajstić information content (AvgIpc) is 2.80. The van der Waals surface area contributed by atoms with Crippen LogP contribution in [-0.4, -0.2) is 43.4 Å². The van der Waals surface area contributed by atoms with Crippen LogP contribution in [0.2, 0.25) is 0 Å². The Labute approximate surface area is 210 Å². The first-order valence-corrected chi connectivity index (χ1v) is 10.9. The van der Waals surface area contributed by atoms with E-state index >= 15 is 0 Å². The fraction of sp³-hybridized carbons (Fsp3) is 0.478. The van der Waals surface area contributed by atoms with Gasteiger partial charge in [0, 0.05) is 32.4 Å². The summed E-state index contributed by atoms with van der Waals surface area (Å²) in [4.78, 5) is 11.5. The zero-order valence-corrected chi connectivity index (χ0v) is 21.0.